The molecule has 0 atom stereocenters. The molecule has 2 amide bonds. The zero-order chi connectivity index (χ0) is 18.7. The summed E-state index contributed by atoms with van der Waals surface area (Å²) in [5.41, 5.74) is 2.45. The van der Waals surface area contributed by atoms with Crippen LogP contribution in [0.25, 0.3) is 0 Å². The molecule has 4 nitrogen and oxygen atoms in total. The second kappa shape index (κ2) is 7.32. The van der Waals surface area contributed by atoms with Gasteiger partial charge in [-0.05, 0) is 37.0 Å². The van der Waals surface area contributed by atoms with Crippen LogP contribution in [0.3, 0.4) is 0 Å². The lowest BCUT2D eigenvalue weighted by Crippen LogP contribution is -2.50. The van der Waals surface area contributed by atoms with E-state index in [4.69, 9.17) is 0 Å². The zero-order valence-electron chi connectivity index (χ0n) is 15.7. The Hall–Kier alpha value is -2.62. The van der Waals surface area contributed by atoms with Gasteiger partial charge in [0.05, 0.1) is 0 Å². The van der Waals surface area contributed by atoms with Crippen molar-refractivity contribution < 1.29 is 9.59 Å². The molecule has 0 saturated carbocycles. The van der Waals surface area contributed by atoms with Crippen LogP contribution in [0.4, 0.5) is 0 Å². The lowest BCUT2D eigenvalue weighted by molar-refractivity contribution is -0.154. The molecule has 3 rings (SSSR count). The minimum absolute atomic E-state index is 0.100. The highest BCUT2D eigenvalue weighted by molar-refractivity contribution is 6.04. The lowest BCUT2D eigenvalue weighted by Gasteiger charge is -2.36. The second-order valence-electron chi connectivity index (χ2n) is 7.52. The Morgan fingerprint density at radius 3 is 2.31 bits per heavy atom. The number of carbonyl (C=O) groups excluding carboxylic acids is 2. The van der Waals surface area contributed by atoms with Crippen molar-refractivity contribution in [1.29, 1.82) is 0 Å². The number of fused-ring (bicyclic) bond motifs is 1. The summed E-state index contributed by atoms with van der Waals surface area (Å²) >= 11 is 0. The van der Waals surface area contributed by atoms with Crippen LogP contribution >= 0.6 is 0 Å². The maximum atomic E-state index is 13.1. The molecule has 0 aromatic heterocycles. The van der Waals surface area contributed by atoms with Crippen LogP contribution in [0, 0.1) is 5.41 Å². The lowest BCUT2D eigenvalue weighted by atomic mass is 9.88. The van der Waals surface area contributed by atoms with Crippen LogP contribution in [-0.2, 0) is 29.1 Å². The molecule has 4 heteroatoms. The van der Waals surface area contributed by atoms with Gasteiger partial charge in [0.2, 0.25) is 11.8 Å². The number of rotatable bonds is 4. The molecule has 0 spiro atoms. The molecule has 0 N–H and O–H groups in total. The molecule has 1 heterocycles. The predicted octanol–water partition coefficient (Wildman–Crippen LogP) is 3.26. The van der Waals surface area contributed by atoms with Crippen LogP contribution in [0.2, 0.25) is 0 Å². The van der Waals surface area contributed by atoms with Gasteiger partial charge in [-0.25, -0.2) is 0 Å². The third-order valence-electron chi connectivity index (χ3n) is 5.10. The molecule has 1 aliphatic rings. The minimum atomic E-state index is -1.07. The van der Waals surface area contributed by atoms with E-state index >= 15 is 0 Å². The smallest absolute Gasteiger partial charge is 0.238 e. The van der Waals surface area contributed by atoms with Crippen molar-refractivity contribution in [3.8, 4) is 0 Å². The van der Waals surface area contributed by atoms with Gasteiger partial charge in [-0.1, -0.05) is 54.6 Å². The largest absolute Gasteiger partial charge is 0.341 e. The van der Waals surface area contributed by atoms with Crippen LogP contribution < -0.4 is 0 Å². The zero-order valence-corrected chi connectivity index (χ0v) is 15.7. The molecular weight excluding hydrogens is 324 g/mol. The Bertz CT molecular complexity index is 799. The van der Waals surface area contributed by atoms with Crippen LogP contribution in [0.5, 0.6) is 0 Å². The van der Waals surface area contributed by atoms with E-state index in [9.17, 15) is 9.59 Å². The summed E-state index contributed by atoms with van der Waals surface area (Å²) in [5, 5.41) is 0. The van der Waals surface area contributed by atoms with Gasteiger partial charge >= 0.3 is 0 Å². The first-order chi connectivity index (χ1) is 12.4. The Kier molecular flexibility index (Phi) is 5.12. The number of hydrogen-bond donors (Lipinski definition) is 0. The van der Waals surface area contributed by atoms with Crippen molar-refractivity contribution in [2.75, 3.05) is 13.6 Å². The second-order valence-corrected chi connectivity index (χ2v) is 7.52. The molecule has 1 aliphatic heterocycles. The first-order valence-electron chi connectivity index (χ1n) is 9.05. The van der Waals surface area contributed by atoms with Gasteiger partial charge < -0.3 is 9.80 Å². The fraction of sp³-hybridized carbons (Fsp3) is 0.364. The summed E-state index contributed by atoms with van der Waals surface area (Å²) in [5.74, 6) is -0.248. The van der Waals surface area contributed by atoms with E-state index in [0.717, 1.165) is 12.0 Å². The maximum absolute atomic E-state index is 13.1. The summed E-state index contributed by atoms with van der Waals surface area (Å²) in [7, 11) is 1.76. The number of carbonyl (C=O) groups is 2. The normalized spacial score (nSPS) is 13.9. The van der Waals surface area contributed by atoms with Gasteiger partial charge in [-0.15, -0.1) is 0 Å². The van der Waals surface area contributed by atoms with Crippen molar-refractivity contribution in [2.45, 2.75) is 33.4 Å². The minimum Gasteiger partial charge on any atom is -0.341 e. The summed E-state index contributed by atoms with van der Waals surface area (Å²) in [6, 6.07) is 18.0. The summed E-state index contributed by atoms with van der Waals surface area (Å²) < 4.78 is 0. The van der Waals surface area contributed by atoms with Gasteiger partial charge in [0, 0.05) is 26.7 Å². The quantitative estimate of drug-likeness (QED) is 0.794. The molecule has 26 heavy (non-hydrogen) atoms. The van der Waals surface area contributed by atoms with Crippen molar-refractivity contribution >= 4 is 11.8 Å². The van der Waals surface area contributed by atoms with Gasteiger partial charge in [-0.2, -0.15) is 0 Å². The summed E-state index contributed by atoms with van der Waals surface area (Å²) in [6.45, 7) is 5.21. The van der Waals surface area contributed by atoms with Crippen molar-refractivity contribution in [1.82, 2.24) is 9.80 Å². The van der Waals surface area contributed by atoms with E-state index < -0.39 is 5.41 Å². The van der Waals surface area contributed by atoms with Gasteiger partial charge in [-0.3, -0.25) is 9.59 Å². The molecule has 0 saturated heterocycles. The van der Waals surface area contributed by atoms with Crippen LogP contribution in [0.1, 0.15) is 30.5 Å². The van der Waals surface area contributed by atoms with Crippen molar-refractivity contribution in [3.05, 3.63) is 71.3 Å². The Morgan fingerprint density at radius 1 is 1.00 bits per heavy atom. The maximum Gasteiger partial charge on any atom is 0.238 e. The molecule has 0 fully saturated rings. The molecule has 2 aromatic rings. The number of hydrogen-bond acceptors (Lipinski definition) is 2. The predicted molar refractivity (Wildman–Crippen MR) is 102 cm³/mol. The first-order valence-corrected chi connectivity index (χ1v) is 9.05. The Morgan fingerprint density at radius 2 is 1.62 bits per heavy atom. The SMILES string of the molecule is CN(Cc1ccccc1)C(=O)C(C)(C)C(=O)N1CCc2ccccc2C1. The fourth-order valence-electron chi connectivity index (χ4n) is 3.56. The van der Waals surface area contributed by atoms with Gasteiger partial charge in [0.1, 0.15) is 5.41 Å². The average Bonchev–Trinajstić information content (AvgIpc) is 2.67. The third kappa shape index (κ3) is 3.64. The highest BCUT2D eigenvalue weighted by Gasteiger charge is 2.41. The topological polar surface area (TPSA) is 40.6 Å². The number of amides is 2. The molecule has 0 unspecified atom stereocenters. The molecule has 0 bridgehead atoms. The number of nitrogens with zero attached hydrogens (tertiary/aromatic N) is 2. The standard InChI is InChI=1S/C22H26N2O2/c1-22(2,20(25)23(3)15-17-9-5-4-6-10-17)21(26)24-14-13-18-11-7-8-12-19(18)16-24/h4-12H,13-16H2,1-3H3. The van der Waals surface area contributed by atoms with E-state index in [1.54, 1.807) is 25.8 Å². The molecular formula is C22H26N2O2. The third-order valence-corrected chi connectivity index (χ3v) is 5.10. The van der Waals surface area contributed by atoms with E-state index in [-0.39, 0.29) is 11.8 Å². The van der Waals surface area contributed by atoms with E-state index in [0.29, 0.717) is 19.6 Å². The van der Waals surface area contributed by atoms with Crippen LogP contribution in [-0.4, -0.2) is 35.2 Å². The molecule has 0 aliphatic carbocycles. The summed E-state index contributed by atoms with van der Waals surface area (Å²) in [6.07, 6.45) is 0.839. The average molecular weight is 350 g/mol. The van der Waals surface area contributed by atoms with Gasteiger partial charge in [0.25, 0.3) is 0 Å². The Labute approximate surface area is 155 Å². The molecule has 0 radical (unpaired) electrons. The van der Waals surface area contributed by atoms with Gasteiger partial charge in [0.15, 0.2) is 0 Å². The van der Waals surface area contributed by atoms with E-state index in [2.05, 4.69) is 12.1 Å². The molecule has 136 valence electrons. The van der Waals surface area contributed by atoms with Crippen molar-refractivity contribution in [3.63, 3.8) is 0 Å². The first kappa shape index (κ1) is 18.2. The Balaban J connectivity index is 1.70. The fourth-order valence-corrected chi connectivity index (χ4v) is 3.56. The monoisotopic (exact) mass is 350 g/mol. The molecule has 2 aromatic carbocycles. The van der Waals surface area contributed by atoms with Crippen LogP contribution in [0.15, 0.2) is 54.6 Å². The van der Waals surface area contributed by atoms with E-state index in [1.165, 1.54) is 11.1 Å². The summed E-state index contributed by atoms with van der Waals surface area (Å²) in [4.78, 5) is 29.5. The number of benzene rings is 2. The van der Waals surface area contributed by atoms with Crippen molar-refractivity contribution in [2.24, 2.45) is 5.41 Å². The highest BCUT2D eigenvalue weighted by atomic mass is 16.2. The highest BCUT2D eigenvalue weighted by Crippen LogP contribution is 2.27. The van der Waals surface area contributed by atoms with E-state index in [1.807, 2.05) is 47.4 Å².